The first-order chi connectivity index (χ1) is 57.1. The van der Waals surface area contributed by atoms with Gasteiger partial charge in [0.05, 0.1) is 45.6 Å². The summed E-state index contributed by atoms with van der Waals surface area (Å²) in [7, 11) is 0. The number of para-hydroxylation sites is 4. The number of rotatable bonds is 16. The first-order valence-corrected chi connectivity index (χ1v) is 39.2. The summed E-state index contributed by atoms with van der Waals surface area (Å²) in [5.41, 5.74) is 9.05. The molecule has 0 fully saturated rings. The van der Waals surface area contributed by atoms with Gasteiger partial charge in [0.1, 0.15) is 52.7 Å². The number of hydrogen-bond donors (Lipinski definition) is 0. The van der Waals surface area contributed by atoms with Gasteiger partial charge in [0.15, 0.2) is 69.8 Å². The summed E-state index contributed by atoms with van der Waals surface area (Å²) >= 11 is 0. The summed E-state index contributed by atoms with van der Waals surface area (Å²) < 4.78 is 294. The molecule has 12 aromatic rings. The molecular weight excluding hydrogens is 1660 g/mol. The molecule has 0 atom stereocenters. The van der Waals surface area contributed by atoms with Crippen molar-refractivity contribution in [3.63, 3.8) is 0 Å². The van der Waals surface area contributed by atoms with Crippen LogP contribution in [0.25, 0.3) is 21.5 Å². The Hall–Kier alpha value is -11.0. The zero-order valence-electron chi connectivity index (χ0n) is 68.7. The molecular formula is C96H80BF20N4Ni-. The van der Waals surface area contributed by atoms with Crippen LogP contribution in [0.3, 0.4) is 0 Å². The van der Waals surface area contributed by atoms with Gasteiger partial charge in [0.25, 0.3) is 0 Å². The van der Waals surface area contributed by atoms with Crippen molar-refractivity contribution in [2.24, 2.45) is 20.0 Å². The molecule has 0 heterocycles. The van der Waals surface area contributed by atoms with Crippen LogP contribution in [0.4, 0.5) is 111 Å². The summed E-state index contributed by atoms with van der Waals surface area (Å²) in [6.45, 7) is 36.2. The third-order valence-electron chi connectivity index (χ3n) is 22.2. The number of halogens is 20. The number of hydrogen-bond acceptors (Lipinski definition) is 4. The van der Waals surface area contributed by atoms with E-state index in [0.717, 1.165) is 45.6 Å². The Morgan fingerprint density at radius 2 is 0.320 bits per heavy atom. The molecule has 638 valence electrons. The van der Waals surface area contributed by atoms with E-state index in [9.17, 15) is 52.7 Å². The van der Waals surface area contributed by atoms with Crippen molar-refractivity contribution >= 4 is 95.1 Å². The van der Waals surface area contributed by atoms with Crippen LogP contribution in [0.15, 0.2) is 166 Å². The molecule has 0 bridgehead atoms. The second kappa shape index (κ2) is 35.8. The molecule has 0 amide bonds. The average molecular weight is 1740 g/mol. The van der Waals surface area contributed by atoms with Crippen molar-refractivity contribution in [1.82, 2.24) is 0 Å². The maximum Gasteiger partial charge on any atom is 0.200 e. The van der Waals surface area contributed by atoms with E-state index in [4.69, 9.17) is 20.0 Å². The van der Waals surface area contributed by atoms with Crippen molar-refractivity contribution in [2.75, 3.05) is 0 Å². The van der Waals surface area contributed by atoms with Crippen LogP contribution in [-0.2, 0) is 16.5 Å². The summed E-state index contributed by atoms with van der Waals surface area (Å²) in [5, 5.41) is 4.99. The molecule has 4 nitrogen and oxygen atoms in total. The Kier molecular flexibility index (Phi) is 26.9. The molecule has 0 spiro atoms. The van der Waals surface area contributed by atoms with Crippen LogP contribution >= 0.6 is 0 Å². The van der Waals surface area contributed by atoms with Crippen molar-refractivity contribution in [1.29, 1.82) is 0 Å². The van der Waals surface area contributed by atoms with Gasteiger partial charge in [0, 0.05) is 49.5 Å². The smallest absolute Gasteiger partial charge is 0.200 e. The Balaban J connectivity index is 0.000000179. The van der Waals surface area contributed by atoms with Crippen LogP contribution < -0.4 is 21.9 Å². The van der Waals surface area contributed by atoms with Gasteiger partial charge in [0.2, 0.25) is 0 Å². The van der Waals surface area contributed by atoms with Gasteiger partial charge in [-0.25, -0.2) is 108 Å². The third-order valence-corrected chi connectivity index (χ3v) is 22.2. The number of aliphatic imine (C=N–C) groups is 4. The molecule has 0 radical (unpaired) electrons. The topological polar surface area (TPSA) is 49.4 Å². The molecule has 26 heteroatoms. The quantitative estimate of drug-likeness (QED) is 0.0401. The molecule has 0 unspecified atom stereocenters. The van der Waals surface area contributed by atoms with Crippen LogP contribution in [0.1, 0.15) is 225 Å². The molecule has 0 saturated heterocycles. The largest absolute Gasteiger partial charge is 0.245 e. The predicted octanol–water partition coefficient (Wildman–Crippen LogP) is 27.0. The minimum absolute atomic E-state index is 0. The maximum absolute atomic E-state index is 15.4. The van der Waals surface area contributed by atoms with Crippen molar-refractivity contribution in [3.05, 3.63) is 329 Å². The van der Waals surface area contributed by atoms with Crippen LogP contribution in [0, 0.1) is 116 Å². The van der Waals surface area contributed by atoms with E-state index in [1.165, 1.54) is 88.3 Å². The molecule has 0 saturated carbocycles. The molecule has 14 rings (SSSR count). The number of benzene rings is 12. The number of nitrogens with zero attached hydrogens (tertiary/aromatic N) is 4. The van der Waals surface area contributed by atoms with Crippen molar-refractivity contribution < 1.29 is 104 Å². The van der Waals surface area contributed by atoms with Gasteiger partial charge >= 0.3 is 0 Å². The van der Waals surface area contributed by atoms with Gasteiger partial charge in [-0.1, -0.05) is 256 Å². The van der Waals surface area contributed by atoms with E-state index in [2.05, 4.69) is 256 Å². The summed E-state index contributed by atoms with van der Waals surface area (Å²) in [4.78, 5) is 22.2. The van der Waals surface area contributed by atoms with Crippen molar-refractivity contribution in [2.45, 2.75) is 158 Å². The Morgan fingerprint density at radius 1 is 0.189 bits per heavy atom. The van der Waals surface area contributed by atoms with E-state index in [-0.39, 0.29) is 16.5 Å². The second-order valence-corrected chi connectivity index (χ2v) is 32.4. The van der Waals surface area contributed by atoms with Crippen LogP contribution in [0.2, 0.25) is 0 Å². The Bertz CT molecular complexity index is 5370. The van der Waals surface area contributed by atoms with Crippen LogP contribution in [-0.4, -0.2) is 29.0 Å². The zero-order chi connectivity index (χ0) is 88.6. The first-order valence-electron chi connectivity index (χ1n) is 39.2. The molecule has 2 aliphatic carbocycles. The minimum Gasteiger partial charge on any atom is -0.245 e. The van der Waals surface area contributed by atoms with E-state index in [1.54, 1.807) is 0 Å². The second-order valence-electron chi connectivity index (χ2n) is 32.4. The summed E-state index contributed by atoms with van der Waals surface area (Å²) in [5.74, 6) is -68.4. The molecule has 122 heavy (non-hydrogen) atoms. The predicted molar refractivity (Wildman–Crippen MR) is 440 cm³/mol. The summed E-state index contributed by atoms with van der Waals surface area (Å²) in [6.07, 6.45) is -7.22. The van der Waals surface area contributed by atoms with Gasteiger partial charge in [-0.3, -0.25) is 0 Å². The Labute approximate surface area is 702 Å². The SMILES string of the molecule is CC(C)c1cccc(C(C)C)c1N=C1C(=Nc2c(C(C)C)cccc2C(C)C)c2cccc3cccc1c23.CC(C)c1cccc(C(C)C)c1N=C1C(=Nc2c(C(C)C)cccc2C(C)C)c2cccc3cccc1c23.Fc1c(F)c(F)c([B-](c2c(F)c(F)c(F)c(F)c2F)(c2c(F)c(F)c(F)c(F)c2F)c2c(F)c(F)c(F)c(F)c2F)c(F)c1F.[Ni]. The van der Waals surface area contributed by atoms with E-state index >= 15 is 35.1 Å². The molecule has 2 aliphatic rings. The third kappa shape index (κ3) is 15.7. The standard InChI is InChI=1S/2C36H40N2.C24BF20.Ni/c2*1-21(2)26-15-11-16-27(22(3)4)33(26)37-35-30-19-9-13-25-14-10-20-31(32(25)30)36(35)38-34-28(23(5)6)17-12-18-29(34)24(7)8;26-5-1(6(27)14(35)21(42)13(5)34)25(2-7(28)15(36)22(43)16(37)8(2)29,3-9(30)17(38)23(44)18(39)10(3)31)4-11(32)19(40)24(45)20(41)12(4)33;/h2*9-24H,1-8H3;;/q;;-1;. The summed E-state index contributed by atoms with van der Waals surface area (Å²) in [6, 6.07) is 52.9. The molecule has 0 aromatic heterocycles. The minimum atomic E-state index is -7.22. The fraction of sp³-hybridized carbons (Fsp3) is 0.250. The fourth-order valence-electron chi connectivity index (χ4n) is 16.3. The monoisotopic (exact) mass is 1740 g/mol. The molecule has 12 aromatic carbocycles. The normalized spacial score (nSPS) is 14.0. The Morgan fingerprint density at radius 3 is 0.459 bits per heavy atom. The van der Waals surface area contributed by atoms with Gasteiger partial charge in [-0.15, -0.1) is 21.9 Å². The average Bonchev–Trinajstić information content (AvgIpc) is 0.944. The van der Waals surface area contributed by atoms with E-state index in [0.29, 0.717) is 47.3 Å². The molecule has 0 N–H and O–H groups in total. The zero-order valence-corrected chi connectivity index (χ0v) is 69.7. The fourth-order valence-corrected chi connectivity index (χ4v) is 16.3. The van der Waals surface area contributed by atoms with E-state index in [1.807, 2.05) is 0 Å². The molecule has 0 aliphatic heterocycles. The van der Waals surface area contributed by atoms with Gasteiger partial charge in [-0.2, -0.15) is 0 Å². The maximum atomic E-state index is 15.4. The first kappa shape index (κ1) is 91.7. The van der Waals surface area contributed by atoms with Gasteiger partial charge in [-0.05, 0) is 103 Å². The van der Waals surface area contributed by atoms with Crippen LogP contribution in [0.5, 0.6) is 0 Å². The van der Waals surface area contributed by atoms with Gasteiger partial charge < -0.3 is 0 Å². The van der Waals surface area contributed by atoms with Crippen molar-refractivity contribution in [3.8, 4) is 0 Å². The van der Waals surface area contributed by atoms with E-state index < -0.39 is 144 Å².